The molecule has 0 spiro atoms. The number of fused-ring (bicyclic) bond motifs is 1. The fraction of sp³-hybridized carbons (Fsp3) is 0.370. The maximum Gasteiger partial charge on any atom is 0.294 e. The van der Waals surface area contributed by atoms with Crippen molar-refractivity contribution >= 4 is 50.8 Å². The van der Waals surface area contributed by atoms with Gasteiger partial charge in [-0.15, -0.1) is 0 Å². The van der Waals surface area contributed by atoms with Gasteiger partial charge >= 0.3 is 0 Å². The van der Waals surface area contributed by atoms with E-state index >= 15 is 0 Å². The number of amides is 3. The minimum absolute atomic E-state index is 0.00813. The van der Waals surface area contributed by atoms with Crippen molar-refractivity contribution in [3.63, 3.8) is 0 Å². The molecule has 2 heterocycles. The Morgan fingerprint density at radius 3 is 2.67 bits per heavy atom. The molecule has 7 nitrogen and oxygen atoms in total. The lowest BCUT2D eigenvalue weighted by Crippen LogP contribution is -2.44. The van der Waals surface area contributed by atoms with Crippen LogP contribution in [0.25, 0.3) is 6.08 Å². The predicted octanol–water partition coefficient (Wildman–Crippen LogP) is 5.65. The van der Waals surface area contributed by atoms with Crippen LogP contribution in [0.2, 0.25) is 0 Å². The lowest BCUT2D eigenvalue weighted by molar-refractivity contribution is -0.136. The van der Waals surface area contributed by atoms with Crippen LogP contribution in [0.15, 0.2) is 45.8 Å². The Balaban J connectivity index is 1.49. The Morgan fingerprint density at radius 1 is 1.19 bits per heavy atom. The van der Waals surface area contributed by atoms with Gasteiger partial charge in [-0.25, -0.2) is 0 Å². The molecule has 0 aliphatic carbocycles. The van der Waals surface area contributed by atoms with E-state index in [-0.39, 0.29) is 23.5 Å². The number of hydrogen-bond donors (Lipinski definition) is 0. The average molecular weight is 574 g/mol. The molecule has 36 heavy (non-hydrogen) atoms. The van der Waals surface area contributed by atoms with Crippen molar-refractivity contribution in [3.8, 4) is 11.5 Å². The van der Waals surface area contributed by atoms with Crippen molar-refractivity contribution in [1.82, 2.24) is 9.80 Å². The van der Waals surface area contributed by atoms with E-state index in [0.717, 1.165) is 35.1 Å². The summed E-state index contributed by atoms with van der Waals surface area (Å²) in [5.41, 5.74) is 3.02. The first-order valence-electron chi connectivity index (χ1n) is 12.0. The Labute approximate surface area is 223 Å². The van der Waals surface area contributed by atoms with Crippen molar-refractivity contribution in [3.05, 3.63) is 62.5 Å². The first kappa shape index (κ1) is 26.3. The molecule has 0 saturated carbocycles. The van der Waals surface area contributed by atoms with E-state index in [1.807, 2.05) is 45.0 Å². The number of rotatable bonds is 8. The zero-order valence-electron chi connectivity index (χ0n) is 20.6. The van der Waals surface area contributed by atoms with Crippen LogP contribution < -0.4 is 9.47 Å². The quantitative estimate of drug-likeness (QED) is 0.381. The van der Waals surface area contributed by atoms with Gasteiger partial charge < -0.3 is 14.4 Å². The molecule has 0 unspecified atom stereocenters. The summed E-state index contributed by atoms with van der Waals surface area (Å²) in [5, 5.41) is -0.446. The molecule has 1 saturated heterocycles. The van der Waals surface area contributed by atoms with Gasteiger partial charge in [0.1, 0.15) is 6.54 Å². The zero-order chi connectivity index (χ0) is 25.8. The summed E-state index contributed by atoms with van der Waals surface area (Å²) in [6.45, 7) is 7.15. The maximum atomic E-state index is 13.1. The normalized spacial score (nSPS) is 17.4. The van der Waals surface area contributed by atoms with Gasteiger partial charge in [0, 0.05) is 13.1 Å². The zero-order valence-corrected chi connectivity index (χ0v) is 23.0. The summed E-state index contributed by atoms with van der Waals surface area (Å²) in [7, 11) is 0. The maximum absolute atomic E-state index is 13.1. The van der Waals surface area contributed by atoms with Crippen LogP contribution in [0.3, 0.4) is 0 Å². The number of hydrogen-bond acceptors (Lipinski definition) is 6. The van der Waals surface area contributed by atoms with Crippen LogP contribution >= 0.6 is 27.7 Å². The minimum atomic E-state index is -0.468. The molecule has 2 aliphatic heterocycles. The average Bonchev–Trinajstić information content (AvgIpc) is 3.12. The number of halogens is 1. The van der Waals surface area contributed by atoms with Crippen LogP contribution in [0, 0.1) is 0 Å². The van der Waals surface area contributed by atoms with E-state index in [1.54, 1.807) is 17.0 Å². The number of imide groups is 1. The number of nitrogens with zero attached hydrogens (tertiary/aromatic N) is 2. The Hall–Kier alpha value is -2.78. The van der Waals surface area contributed by atoms with Crippen molar-refractivity contribution in [2.75, 3.05) is 19.7 Å². The van der Waals surface area contributed by atoms with Gasteiger partial charge in [0.25, 0.3) is 11.1 Å². The van der Waals surface area contributed by atoms with Crippen molar-refractivity contribution < 1.29 is 23.9 Å². The molecule has 2 aromatic rings. The van der Waals surface area contributed by atoms with Crippen molar-refractivity contribution in [2.45, 2.75) is 46.3 Å². The summed E-state index contributed by atoms with van der Waals surface area (Å²) in [5.74, 6) is 0.453. The summed E-state index contributed by atoms with van der Waals surface area (Å²) >= 11 is 4.39. The number of benzene rings is 2. The van der Waals surface area contributed by atoms with Gasteiger partial charge in [-0.05, 0) is 89.3 Å². The molecule has 2 aromatic carbocycles. The first-order chi connectivity index (χ1) is 17.3. The molecule has 3 amide bonds. The molecule has 0 aromatic heterocycles. The first-order valence-corrected chi connectivity index (χ1v) is 13.6. The van der Waals surface area contributed by atoms with Crippen LogP contribution in [0.1, 0.15) is 43.9 Å². The fourth-order valence-electron chi connectivity index (χ4n) is 4.06. The third kappa shape index (κ3) is 5.78. The van der Waals surface area contributed by atoms with Gasteiger partial charge in [0.2, 0.25) is 5.91 Å². The third-order valence-electron chi connectivity index (χ3n) is 6.17. The van der Waals surface area contributed by atoms with Crippen molar-refractivity contribution in [2.24, 2.45) is 0 Å². The number of carbonyl (C=O) groups excluding carboxylic acids is 3. The topological polar surface area (TPSA) is 76.2 Å². The second-order valence-corrected chi connectivity index (χ2v) is 10.5. The summed E-state index contributed by atoms with van der Waals surface area (Å²) in [6.07, 6.45) is 3.26. The molecular formula is C27H29BrN2O5S. The van der Waals surface area contributed by atoms with Gasteiger partial charge in [-0.1, -0.05) is 31.2 Å². The molecule has 0 radical (unpaired) electrons. The Bertz CT molecular complexity index is 1210. The van der Waals surface area contributed by atoms with Gasteiger partial charge in [-0.3, -0.25) is 19.3 Å². The lowest BCUT2D eigenvalue weighted by atomic mass is 10.00. The number of ether oxygens (including phenoxy) is 2. The molecule has 4 rings (SSSR count). The highest BCUT2D eigenvalue weighted by atomic mass is 79.9. The second-order valence-electron chi connectivity index (χ2n) is 8.70. The van der Waals surface area contributed by atoms with E-state index < -0.39 is 11.1 Å². The van der Waals surface area contributed by atoms with Crippen LogP contribution in [-0.2, 0) is 22.6 Å². The highest BCUT2D eigenvalue weighted by molar-refractivity contribution is 9.10. The highest BCUT2D eigenvalue weighted by Gasteiger charge is 2.37. The van der Waals surface area contributed by atoms with Crippen LogP contribution in [0.5, 0.6) is 11.5 Å². The van der Waals surface area contributed by atoms with E-state index in [4.69, 9.17) is 9.47 Å². The monoisotopic (exact) mass is 572 g/mol. The molecular weight excluding hydrogens is 544 g/mol. The molecule has 0 N–H and O–H groups in total. The molecule has 9 heteroatoms. The second kappa shape index (κ2) is 11.5. The fourth-order valence-corrected chi connectivity index (χ4v) is 5.46. The molecule has 2 aliphatic rings. The SMILES string of the molecule is CCOc1cc(/C=C2\SC(=O)N(CC(=O)N3CCc4ccccc4C3)C2=O)cc(Br)c1O[C@H](C)CC. The predicted molar refractivity (Wildman–Crippen MR) is 144 cm³/mol. The Morgan fingerprint density at radius 2 is 1.94 bits per heavy atom. The highest BCUT2D eigenvalue weighted by Crippen LogP contribution is 2.40. The van der Waals surface area contributed by atoms with Gasteiger partial charge in [0.15, 0.2) is 11.5 Å². The van der Waals surface area contributed by atoms with Crippen LogP contribution in [0.4, 0.5) is 4.79 Å². The van der Waals surface area contributed by atoms with E-state index in [0.29, 0.717) is 41.2 Å². The molecule has 190 valence electrons. The van der Waals surface area contributed by atoms with E-state index in [9.17, 15) is 14.4 Å². The van der Waals surface area contributed by atoms with E-state index in [2.05, 4.69) is 22.0 Å². The number of carbonyl (C=O) groups is 3. The molecule has 1 fully saturated rings. The Kier molecular flexibility index (Phi) is 8.41. The number of thioether (sulfide) groups is 1. The standard InChI is InChI=1S/C27H29BrN2O5S/c1-4-17(3)35-25-21(28)12-18(13-22(25)34-5-2)14-23-26(32)30(27(33)36-23)16-24(31)29-11-10-19-8-6-7-9-20(19)15-29/h6-9,12-14,17H,4-5,10-11,15-16H2,1-3H3/b23-14-/t17-/m1/s1. The summed E-state index contributed by atoms with van der Waals surface area (Å²) < 4.78 is 12.5. The lowest BCUT2D eigenvalue weighted by Gasteiger charge is -2.29. The van der Waals surface area contributed by atoms with Crippen LogP contribution in [-0.4, -0.2) is 52.7 Å². The van der Waals surface area contributed by atoms with E-state index in [1.165, 1.54) is 5.56 Å². The van der Waals surface area contributed by atoms with Gasteiger partial charge in [0.05, 0.1) is 22.1 Å². The molecule has 0 bridgehead atoms. The largest absolute Gasteiger partial charge is 0.490 e. The van der Waals surface area contributed by atoms with Gasteiger partial charge in [-0.2, -0.15) is 0 Å². The minimum Gasteiger partial charge on any atom is -0.490 e. The molecule has 1 atom stereocenters. The third-order valence-corrected chi connectivity index (χ3v) is 7.67. The summed E-state index contributed by atoms with van der Waals surface area (Å²) in [4.78, 5) is 41.7. The van der Waals surface area contributed by atoms with Crippen molar-refractivity contribution in [1.29, 1.82) is 0 Å². The smallest absolute Gasteiger partial charge is 0.294 e. The summed E-state index contributed by atoms with van der Waals surface area (Å²) in [6, 6.07) is 11.6.